The Bertz CT molecular complexity index is 704. The van der Waals surface area contributed by atoms with Gasteiger partial charge in [-0.1, -0.05) is 12.1 Å². The van der Waals surface area contributed by atoms with Crippen molar-refractivity contribution in [3.05, 3.63) is 47.5 Å². The van der Waals surface area contributed by atoms with Gasteiger partial charge in [-0.2, -0.15) is 0 Å². The van der Waals surface area contributed by atoms with Gasteiger partial charge in [0.1, 0.15) is 5.69 Å². The third-order valence-electron chi connectivity index (χ3n) is 2.95. The van der Waals surface area contributed by atoms with Crippen molar-refractivity contribution >= 4 is 6.03 Å². The highest BCUT2D eigenvalue weighted by molar-refractivity contribution is 5.73. The Morgan fingerprint density at radius 2 is 2.23 bits per heavy atom. The topological polar surface area (TPSA) is 93.8 Å². The molecule has 0 atom stereocenters. The van der Waals surface area contributed by atoms with Crippen LogP contribution in [0.15, 0.2) is 41.8 Å². The van der Waals surface area contributed by atoms with Crippen molar-refractivity contribution in [2.24, 2.45) is 7.05 Å². The molecular formula is C14H18N6O2. The lowest BCUT2D eigenvalue weighted by atomic mass is 10.3. The number of nitrogens with zero attached hydrogens (tertiary/aromatic N) is 4. The van der Waals surface area contributed by atoms with Crippen LogP contribution in [0.4, 0.5) is 4.79 Å². The van der Waals surface area contributed by atoms with E-state index in [4.69, 9.17) is 0 Å². The minimum atomic E-state index is -0.311. The molecule has 0 aliphatic carbocycles. The zero-order valence-electron chi connectivity index (χ0n) is 12.3. The molecule has 0 aliphatic heterocycles. The first-order valence-corrected chi connectivity index (χ1v) is 6.81. The number of hydrogen-bond donors (Lipinski definition) is 2. The van der Waals surface area contributed by atoms with Gasteiger partial charge in [-0.3, -0.25) is 9.55 Å². The molecule has 0 saturated carbocycles. The summed E-state index contributed by atoms with van der Waals surface area (Å²) in [6, 6.07) is 5.10. The van der Waals surface area contributed by atoms with Crippen LogP contribution < -0.4 is 16.3 Å². The number of urea groups is 1. The molecule has 0 aromatic carbocycles. The number of carbonyl (C=O) groups excluding carboxylic acids is 1. The van der Waals surface area contributed by atoms with Crippen molar-refractivity contribution in [1.82, 2.24) is 30.0 Å². The number of pyridine rings is 1. The van der Waals surface area contributed by atoms with Gasteiger partial charge in [0.15, 0.2) is 5.82 Å². The van der Waals surface area contributed by atoms with Crippen LogP contribution in [0.1, 0.15) is 0 Å². The minimum absolute atomic E-state index is 0.256. The molecule has 0 unspecified atom stereocenters. The van der Waals surface area contributed by atoms with E-state index < -0.39 is 0 Å². The molecule has 2 aromatic rings. The highest BCUT2D eigenvalue weighted by atomic mass is 16.2. The van der Waals surface area contributed by atoms with Gasteiger partial charge < -0.3 is 10.6 Å². The molecule has 0 fully saturated rings. The van der Waals surface area contributed by atoms with Gasteiger partial charge in [-0.15, -0.1) is 11.7 Å². The standard InChI is InChI=1S/C14H18N6O2/c1-3-7-16-13(21)17-9-10-20-14(22)19(2)12(18-20)11-6-4-5-8-15-11/h3-6,8H,1,7,9-10H2,2H3,(H2,16,17,21). The van der Waals surface area contributed by atoms with E-state index in [1.807, 2.05) is 6.07 Å². The number of carbonyl (C=O) groups is 1. The first-order chi connectivity index (χ1) is 10.6. The molecular weight excluding hydrogens is 284 g/mol. The Morgan fingerprint density at radius 3 is 2.91 bits per heavy atom. The molecule has 0 radical (unpaired) electrons. The molecule has 116 valence electrons. The first-order valence-electron chi connectivity index (χ1n) is 6.81. The van der Waals surface area contributed by atoms with E-state index >= 15 is 0 Å². The summed E-state index contributed by atoms with van der Waals surface area (Å²) in [7, 11) is 1.64. The fourth-order valence-corrected chi connectivity index (χ4v) is 1.85. The largest absolute Gasteiger partial charge is 0.346 e. The Kier molecular flexibility index (Phi) is 5.07. The average Bonchev–Trinajstić information content (AvgIpc) is 2.82. The fourth-order valence-electron chi connectivity index (χ4n) is 1.85. The lowest BCUT2D eigenvalue weighted by molar-refractivity contribution is 0.241. The van der Waals surface area contributed by atoms with E-state index in [1.54, 1.807) is 31.5 Å². The number of aromatic nitrogens is 4. The van der Waals surface area contributed by atoms with Crippen LogP contribution in [0.2, 0.25) is 0 Å². The highest BCUT2D eigenvalue weighted by Gasteiger charge is 2.12. The SMILES string of the molecule is C=CCNC(=O)NCCn1nc(-c2ccccn2)n(C)c1=O. The van der Waals surface area contributed by atoms with Crippen LogP contribution in [-0.4, -0.2) is 38.5 Å². The Labute approximate surface area is 127 Å². The van der Waals surface area contributed by atoms with Crippen molar-refractivity contribution < 1.29 is 4.79 Å². The normalized spacial score (nSPS) is 10.2. The second-order valence-corrected chi connectivity index (χ2v) is 4.53. The molecule has 0 spiro atoms. The number of hydrogen-bond acceptors (Lipinski definition) is 4. The first kappa shape index (κ1) is 15.5. The molecule has 8 heteroatoms. The van der Waals surface area contributed by atoms with E-state index in [0.717, 1.165) is 0 Å². The van der Waals surface area contributed by atoms with Gasteiger partial charge >= 0.3 is 11.7 Å². The summed E-state index contributed by atoms with van der Waals surface area (Å²) in [6.07, 6.45) is 3.23. The smallest absolute Gasteiger partial charge is 0.336 e. The van der Waals surface area contributed by atoms with Gasteiger partial charge in [-0.25, -0.2) is 14.3 Å². The molecule has 2 N–H and O–H groups in total. The molecule has 8 nitrogen and oxygen atoms in total. The Hall–Kier alpha value is -2.90. The summed E-state index contributed by atoms with van der Waals surface area (Å²) in [5.74, 6) is 0.488. The van der Waals surface area contributed by atoms with Crippen LogP contribution in [-0.2, 0) is 13.6 Å². The zero-order valence-corrected chi connectivity index (χ0v) is 12.3. The second-order valence-electron chi connectivity index (χ2n) is 4.53. The predicted octanol–water partition coefficient (Wildman–Crippen LogP) is 0.129. The van der Waals surface area contributed by atoms with Crippen molar-refractivity contribution in [3.63, 3.8) is 0 Å². The second kappa shape index (κ2) is 7.21. The molecule has 2 rings (SSSR count). The highest BCUT2D eigenvalue weighted by Crippen LogP contribution is 2.09. The molecule has 0 aliphatic rings. The molecule has 0 bridgehead atoms. The Morgan fingerprint density at radius 1 is 1.41 bits per heavy atom. The molecule has 2 aromatic heterocycles. The summed E-state index contributed by atoms with van der Waals surface area (Å²) in [5.41, 5.74) is 0.367. The summed E-state index contributed by atoms with van der Waals surface area (Å²) in [6.45, 7) is 4.47. The summed E-state index contributed by atoms with van der Waals surface area (Å²) in [4.78, 5) is 27.7. The van der Waals surface area contributed by atoms with Crippen LogP contribution in [0, 0.1) is 0 Å². The average molecular weight is 302 g/mol. The maximum absolute atomic E-state index is 12.1. The van der Waals surface area contributed by atoms with Gasteiger partial charge in [0.2, 0.25) is 0 Å². The van der Waals surface area contributed by atoms with Crippen molar-refractivity contribution in [3.8, 4) is 11.5 Å². The minimum Gasteiger partial charge on any atom is -0.336 e. The van der Waals surface area contributed by atoms with Crippen molar-refractivity contribution in [2.75, 3.05) is 13.1 Å². The molecule has 2 amide bonds. The Balaban J connectivity index is 2.03. The van der Waals surface area contributed by atoms with Crippen molar-refractivity contribution in [1.29, 1.82) is 0 Å². The number of nitrogens with one attached hydrogen (secondary N) is 2. The third-order valence-corrected chi connectivity index (χ3v) is 2.95. The van der Waals surface area contributed by atoms with Crippen LogP contribution in [0.25, 0.3) is 11.5 Å². The number of amides is 2. The lowest BCUT2D eigenvalue weighted by Crippen LogP contribution is -2.38. The van der Waals surface area contributed by atoms with Gasteiger partial charge in [-0.05, 0) is 12.1 Å². The van der Waals surface area contributed by atoms with E-state index in [0.29, 0.717) is 24.6 Å². The van der Waals surface area contributed by atoms with Crippen LogP contribution in [0.5, 0.6) is 0 Å². The maximum atomic E-state index is 12.1. The molecule has 22 heavy (non-hydrogen) atoms. The summed E-state index contributed by atoms with van der Waals surface area (Å²) in [5, 5.41) is 9.48. The van der Waals surface area contributed by atoms with Crippen LogP contribution >= 0.6 is 0 Å². The van der Waals surface area contributed by atoms with E-state index in [1.165, 1.54) is 9.25 Å². The maximum Gasteiger partial charge on any atom is 0.346 e. The lowest BCUT2D eigenvalue weighted by Gasteiger charge is -2.04. The van der Waals surface area contributed by atoms with E-state index in [-0.39, 0.29) is 18.3 Å². The molecule has 0 saturated heterocycles. The van der Waals surface area contributed by atoms with Gasteiger partial charge in [0.05, 0.1) is 6.54 Å². The zero-order chi connectivity index (χ0) is 15.9. The summed E-state index contributed by atoms with van der Waals surface area (Å²) >= 11 is 0. The van der Waals surface area contributed by atoms with E-state index in [9.17, 15) is 9.59 Å². The van der Waals surface area contributed by atoms with Crippen LogP contribution in [0.3, 0.4) is 0 Å². The predicted molar refractivity (Wildman–Crippen MR) is 82.3 cm³/mol. The quantitative estimate of drug-likeness (QED) is 0.742. The number of rotatable bonds is 6. The van der Waals surface area contributed by atoms with E-state index in [2.05, 4.69) is 27.3 Å². The monoisotopic (exact) mass is 302 g/mol. The fraction of sp³-hybridized carbons (Fsp3) is 0.286. The van der Waals surface area contributed by atoms with Gasteiger partial charge in [0.25, 0.3) is 0 Å². The summed E-state index contributed by atoms with van der Waals surface area (Å²) < 4.78 is 2.73. The third kappa shape index (κ3) is 3.60. The van der Waals surface area contributed by atoms with Crippen molar-refractivity contribution in [2.45, 2.75) is 6.54 Å². The van der Waals surface area contributed by atoms with Gasteiger partial charge in [0, 0.05) is 26.3 Å². The molecule has 2 heterocycles.